The molecule has 0 spiro atoms. The van der Waals surface area contributed by atoms with Crippen molar-refractivity contribution in [1.82, 2.24) is 0 Å². The van der Waals surface area contributed by atoms with Crippen LogP contribution in [0.5, 0.6) is 0 Å². The molecule has 0 saturated carbocycles. The normalized spacial score (nSPS) is 9.53. The first-order chi connectivity index (χ1) is 7.04. The molecule has 0 aromatic heterocycles. The smallest absolute Gasteiger partial charge is 0.411 e. The van der Waals surface area contributed by atoms with Crippen molar-refractivity contribution in [3.63, 3.8) is 0 Å². The number of benzene rings is 1. The average Bonchev–Trinajstić information content (AvgIpc) is 2.17. The van der Waals surface area contributed by atoms with Crippen LogP contribution < -0.4 is 5.32 Å². The maximum absolute atomic E-state index is 11.0. The third kappa shape index (κ3) is 3.06. The van der Waals surface area contributed by atoms with Gasteiger partial charge in [0.1, 0.15) is 0 Å². The molecule has 79 valence electrons. The summed E-state index contributed by atoms with van der Waals surface area (Å²) in [5, 5.41) is 2.48. The van der Waals surface area contributed by atoms with Crippen LogP contribution in [0.2, 0.25) is 0 Å². The Labute approximate surface area is 95.7 Å². The summed E-state index contributed by atoms with van der Waals surface area (Å²) < 4.78 is 5.01. The quantitative estimate of drug-likeness (QED) is 0.841. The molecule has 1 aromatic carbocycles. The number of amides is 1. The topological polar surface area (TPSA) is 55.4 Å². The lowest BCUT2D eigenvalue weighted by Crippen LogP contribution is -2.11. The number of nitrogens with one attached hydrogen (secondary N) is 1. The molecule has 0 saturated heterocycles. The maximum atomic E-state index is 11.0. The van der Waals surface area contributed by atoms with Gasteiger partial charge in [0.05, 0.1) is 7.11 Å². The number of ether oxygens (including phenoxy) is 1. The van der Waals surface area contributed by atoms with Gasteiger partial charge in [-0.05, 0) is 34.1 Å². The number of Topliss-reactive ketones (excluding diaryl/α,β-unsaturated/α-hetero) is 1. The van der Waals surface area contributed by atoms with Gasteiger partial charge in [-0.1, -0.05) is 0 Å². The van der Waals surface area contributed by atoms with Gasteiger partial charge < -0.3 is 4.74 Å². The van der Waals surface area contributed by atoms with E-state index in [0.717, 1.165) is 0 Å². The predicted molar refractivity (Wildman–Crippen MR) is 59.9 cm³/mol. The van der Waals surface area contributed by atoms with E-state index in [1.54, 1.807) is 18.2 Å². The van der Waals surface area contributed by atoms with E-state index >= 15 is 0 Å². The van der Waals surface area contributed by atoms with Gasteiger partial charge >= 0.3 is 6.09 Å². The Morgan fingerprint density at radius 3 is 2.60 bits per heavy atom. The van der Waals surface area contributed by atoms with Crippen molar-refractivity contribution in [2.24, 2.45) is 0 Å². The Bertz CT molecular complexity index is 404. The standard InChI is InChI=1S/C10H9BrNO3/c1-6(13)8-4-3-7(5-9(8)11)12-10(14)15-2/h3-5H,1H2,2H3,(H,12,14). The number of carbonyl (C=O) groups is 2. The van der Waals surface area contributed by atoms with E-state index in [0.29, 0.717) is 15.7 Å². The summed E-state index contributed by atoms with van der Waals surface area (Å²) in [5.74, 6) is -0.286. The van der Waals surface area contributed by atoms with Gasteiger partial charge in [0.25, 0.3) is 0 Å². The van der Waals surface area contributed by atoms with Gasteiger partial charge in [-0.2, -0.15) is 0 Å². The summed E-state index contributed by atoms with van der Waals surface area (Å²) in [4.78, 5) is 21.9. The van der Waals surface area contributed by atoms with E-state index < -0.39 is 6.09 Å². The lowest BCUT2D eigenvalue weighted by atomic mass is 10.1. The van der Waals surface area contributed by atoms with Crippen LogP contribution in [0.25, 0.3) is 0 Å². The van der Waals surface area contributed by atoms with Gasteiger partial charge in [0.2, 0.25) is 0 Å². The molecule has 0 aliphatic heterocycles. The summed E-state index contributed by atoms with van der Waals surface area (Å²) in [5.41, 5.74) is 1.00. The Balaban J connectivity index is 2.91. The molecular weight excluding hydrogens is 262 g/mol. The number of carbonyl (C=O) groups excluding carboxylic acids is 2. The van der Waals surface area contributed by atoms with E-state index in [4.69, 9.17) is 0 Å². The van der Waals surface area contributed by atoms with Crippen LogP contribution in [0.3, 0.4) is 0 Å². The zero-order valence-electron chi connectivity index (χ0n) is 8.04. The minimum atomic E-state index is -0.560. The van der Waals surface area contributed by atoms with E-state index in [1.807, 2.05) is 0 Å². The highest BCUT2D eigenvalue weighted by Crippen LogP contribution is 2.21. The largest absolute Gasteiger partial charge is 0.453 e. The molecule has 0 bridgehead atoms. The van der Waals surface area contributed by atoms with Gasteiger partial charge in [-0.3, -0.25) is 10.1 Å². The van der Waals surface area contributed by atoms with Crippen LogP contribution in [-0.2, 0) is 4.74 Å². The van der Waals surface area contributed by atoms with Gasteiger partial charge in [-0.15, -0.1) is 0 Å². The van der Waals surface area contributed by atoms with Crippen LogP contribution in [0.15, 0.2) is 22.7 Å². The summed E-state index contributed by atoms with van der Waals surface area (Å²) in [6.45, 7) is 3.30. The van der Waals surface area contributed by atoms with Crippen molar-refractivity contribution < 1.29 is 14.3 Å². The molecule has 1 N–H and O–H groups in total. The monoisotopic (exact) mass is 270 g/mol. The third-order valence-corrected chi connectivity index (χ3v) is 2.36. The Morgan fingerprint density at radius 1 is 1.47 bits per heavy atom. The summed E-state index contributed by atoms with van der Waals surface area (Å²) in [7, 11) is 1.28. The van der Waals surface area contributed by atoms with Crippen LogP contribution in [0.1, 0.15) is 10.4 Å². The Morgan fingerprint density at radius 2 is 2.13 bits per heavy atom. The minimum absolute atomic E-state index is 0.286. The van der Waals surface area contributed by atoms with Crippen LogP contribution >= 0.6 is 15.9 Å². The van der Waals surface area contributed by atoms with Crippen molar-refractivity contribution in [3.8, 4) is 0 Å². The van der Waals surface area contributed by atoms with Crippen LogP contribution in [0.4, 0.5) is 10.5 Å². The molecule has 0 heterocycles. The molecule has 1 amide bonds. The molecule has 0 unspecified atom stereocenters. The molecule has 0 fully saturated rings. The SMILES string of the molecule is [CH2]C(=O)c1ccc(NC(=O)OC)cc1Br. The predicted octanol–water partition coefficient (Wildman–Crippen LogP) is 2.64. The maximum Gasteiger partial charge on any atom is 0.411 e. The fourth-order valence-corrected chi connectivity index (χ4v) is 1.59. The van der Waals surface area contributed by atoms with Crippen molar-refractivity contribution >= 4 is 33.5 Å². The number of hydrogen-bond acceptors (Lipinski definition) is 3. The Kier molecular flexibility index (Phi) is 3.85. The molecule has 0 aliphatic carbocycles. The van der Waals surface area contributed by atoms with Crippen LogP contribution in [0, 0.1) is 6.92 Å². The summed E-state index contributed by atoms with van der Waals surface area (Å²) in [6, 6.07) is 4.78. The lowest BCUT2D eigenvalue weighted by molar-refractivity contribution is 0.104. The molecule has 0 atom stereocenters. The molecule has 0 aliphatic rings. The van der Waals surface area contributed by atoms with Crippen molar-refractivity contribution in [1.29, 1.82) is 0 Å². The molecule has 5 heteroatoms. The molecule has 4 nitrogen and oxygen atoms in total. The second-order valence-electron chi connectivity index (χ2n) is 2.73. The third-order valence-electron chi connectivity index (χ3n) is 1.70. The van der Waals surface area contributed by atoms with Crippen molar-refractivity contribution in [3.05, 3.63) is 35.2 Å². The molecule has 1 rings (SSSR count). The fourth-order valence-electron chi connectivity index (χ4n) is 0.988. The Hall–Kier alpha value is -1.36. The molecular formula is C10H9BrNO3. The van der Waals surface area contributed by atoms with E-state index in [-0.39, 0.29) is 5.78 Å². The van der Waals surface area contributed by atoms with Gasteiger partial charge in [0, 0.05) is 22.6 Å². The molecule has 15 heavy (non-hydrogen) atoms. The number of rotatable bonds is 2. The first-order valence-corrected chi connectivity index (χ1v) is 4.84. The summed E-state index contributed by atoms with van der Waals surface area (Å²) >= 11 is 3.21. The highest BCUT2D eigenvalue weighted by atomic mass is 79.9. The highest BCUT2D eigenvalue weighted by Gasteiger charge is 2.07. The highest BCUT2D eigenvalue weighted by molar-refractivity contribution is 9.10. The van der Waals surface area contributed by atoms with E-state index in [1.165, 1.54) is 7.11 Å². The number of hydrogen-bond donors (Lipinski definition) is 1. The second-order valence-corrected chi connectivity index (χ2v) is 3.59. The zero-order chi connectivity index (χ0) is 11.4. The van der Waals surface area contributed by atoms with Gasteiger partial charge in [0.15, 0.2) is 5.78 Å². The van der Waals surface area contributed by atoms with Crippen molar-refractivity contribution in [2.75, 3.05) is 12.4 Å². The van der Waals surface area contributed by atoms with E-state index in [2.05, 4.69) is 32.9 Å². The van der Waals surface area contributed by atoms with Crippen LogP contribution in [-0.4, -0.2) is 19.0 Å². The minimum Gasteiger partial charge on any atom is -0.453 e. The molecule has 1 radical (unpaired) electrons. The van der Waals surface area contributed by atoms with Crippen molar-refractivity contribution in [2.45, 2.75) is 0 Å². The summed E-state index contributed by atoms with van der Waals surface area (Å²) in [6.07, 6.45) is -0.560. The lowest BCUT2D eigenvalue weighted by Gasteiger charge is -2.05. The number of methoxy groups -OCH3 is 1. The number of halogens is 1. The number of ketones is 1. The van der Waals surface area contributed by atoms with Gasteiger partial charge in [-0.25, -0.2) is 4.79 Å². The molecule has 1 aromatic rings. The average molecular weight is 271 g/mol. The second kappa shape index (κ2) is 4.93. The first kappa shape index (κ1) is 11.7. The fraction of sp³-hybridized carbons (Fsp3) is 0.100. The van der Waals surface area contributed by atoms with E-state index in [9.17, 15) is 9.59 Å². The number of anilines is 1. The first-order valence-electron chi connectivity index (χ1n) is 4.05. The zero-order valence-corrected chi connectivity index (χ0v) is 9.63.